The van der Waals surface area contributed by atoms with Gasteiger partial charge in [-0.2, -0.15) is 15.1 Å². The van der Waals surface area contributed by atoms with Gasteiger partial charge < -0.3 is 14.2 Å². The zero-order chi connectivity index (χ0) is 26.4. The summed E-state index contributed by atoms with van der Waals surface area (Å²) >= 11 is 1.36. The van der Waals surface area contributed by atoms with Crippen LogP contribution in [0.5, 0.6) is 17.2 Å². The van der Waals surface area contributed by atoms with Gasteiger partial charge in [-0.1, -0.05) is 37.6 Å². The number of benzene rings is 2. The molecule has 0 fully saturated rings. The van der Waals surface area contributed by atoms with E-state index in [4.69, 9.17) is 19.6 Å². The van der Waals surface area contributed by atoms with Gasteiger partial charge in [-0.3, -0.25) is 10.2 Å². The van der Waals surface area contributed by atoms with E-state index in [0.717, 1.165) is 41.2 Å². The standard InChI is InChI=1S/C28H32N4O4S/c1-5-7-11-24-31-32-26(29)21(27(33)30-28(32)37-24)16-20-12-13-22(23(17-20)34-6-2)35-14-15-36-25-18(3)9-8-10-19(25)4/h8-10,12-13,16-17,29H,5-7,11,14-15H2,1-4H3. The Morgan fingerprint density at radius 2 is 1.78 bits per heavy atom. The quantitative estimate of drug-likeness (QED) is 0.290. The van der Waals surface area contributed by atoms with Gasteiger partial charge in [0.2, 0.25) is 5.17 Å². The Kier molecular flexibility index (Phi) is 8.66. The number of unbranched alkanes of at least 4 members (excludes halogenated alkanes) is 1. The lowest BCUT2D eigenvalue weighted by molar-refractivity contribution is -0.114. The fourth-order valence-electron chi connectivity index (χ4n) is 3.95. The number of nitrogens with zero attached hydrogens (tertiary/aromatic N) is 3. The Bertz CT molecular complexity index is 1260. The summed E-state index contributed by atoms with van der Waals surface area (Å²) in [5, 5.41) is 15.8. The molecule has 0 bridgehead atoms. The molecule has 0 aromatic heterocycles. The first-order valence-electron chi connectivity index (χ1n) is 12.5. The average Bonchev–Trinajstić information content (AvgIpc) is 3.28. The van der Waals surface area contributed by atoms with Gasteiger partial charge in [0.15, 0.2) is 17.3 Å². The van der Waals surface area contributed by atoms with Crippen molar-refractivity contribution in [2.24, 2.45) is 10.1 Å². The number of ether oxygens (including phenoxy) is 3. The van der Waals surface area contributed by atoms with Crippen molar-refractivity contribution < 1.29 is 19.0 Å². The van der Waals surface area contributed by atoms with Gasteiger partial charge in [-0.25, -0.2) is 0 Å². The maximum atomic E-state index is 12.7. The van der Waals surface area contributed by atoms with Gasteiger partial charge in [0.1, 0.15) is 24.0 Å². The van der Waals surface area contributed by atoms with Crippen molar-refractivity contribution in [2.45, 2.75) is 47.0 Å². The van der Waals surface area contributed by atoms with Gasteiger partial charge in [-0.05, 0) is 80.3 Å². The van der Waals surface area contributed by atoms with Crippen LogP contribution in [-0.2, 0) is 4.79 Å². The summed E-state index contributed by atoms with van der Waals surface area (Å²) in [5.41, 5.74) is 3.06. The first kappa shape index (κ1) is 26.5. The number of amidine groups is 2. The molecular formula is C28H32N4O4S. The predicted molar refractivity (Wildman–Crippen MR) is 149 cm³/mol. The highest BCUT2D eigenvalue weighted by Gasteiger charge is 2.35. The predicted octanol–water partition coefficient (Wildman–Crippen LogP) is 5.97. The lowest BCUT2D eigenvalue weighted by Crippen LogP contribution is -2.35. The largest absolute Gasteiger partial charge is 0.490 e. The summed E-state index contributed by atoms with van der Waals surface area (Å²) < 4.78 is 17.7. The molecule has 0 spiro atoms. The molecule has 2 aliphatic heterocycles. The third-order valence-corrected chi connectivity index (χ3v) is 6.78. The molecule has 0 saturated carbocycles. The van der Waals surface area contributed by atoms with Crippen molar-refractivity contribution in [2.75, 3.05) is 19.8 Å². The molecule has 2 aromatic carbocycles. The van der Waals surface area contributed by atoms with Crippen LogP contribution >= 0.6 is 11.8 Å². The monoisotopic (exact) mass is 520 g/mol. The number of para-hydroxylation sites is 1. The second kappa shape index (κ2) is 12.1. The molecule has 0 unspecified atom stereocenters. The van der Waals surface area contributed by atoms with Crippen molar-refractivity contribution in [1.82, 2.24) is 5.01 Å². The maximum Gasteiger partial charge on any atom is 0.283 e. The molecular weight excluding hydrogens is 488 g/mol. The number of aryl methyl sites for hydroxylation is 2. The van der Waals surface area contributed by atoms with E-state index in [1.54, 1.807) is 18.2 Å². The first-order chi connectivity index (χ1) is 17.9. The number of carbonyl (C=O) groups is 1. The highest BCUT2D eigenvalue weighted by Crippen LogP contribution is 2.32. The second-order valence-corrected chi connectivity index (χ2v) is 9.71. The van der Waals surface area contributed by atoms with Crippen molar-refractivity contribution in [3.63, 3.8) is 0 Å². The van der Waals surface area contributed by atoms with Crippen LogP contribution < -0.4 is 14.2 Å². The van der Waals surface area contributed by atoms with E-state index in [1.165, 1.54) is 16.8 Å². The fourth-order valence-corrected chi connectivity index (χ4v) is 4.88. The zero-order valence-electron chi connectivity index (χ0n) is 21.7. The summed E-state index contributed by atoms with van der Waals surface area (Å²) in [6.45, 7) is 9.25. The summed E-state index contributed by atoms with van der Waals surface area (Å²) in [6.07, 6.45) is 4.51. The Balaban J connectivity index is 1.46. The van der Waals surface area contributed by atoms with Crippen LogP contribution in [0, 0.1) is 19.3 Å². The van der Waals surface area contributed by atoms with Gasteiger partial charge in [0.25, 0.3) is 5.91 Å². The van der Waals surface area contributed by atoms with Gasteiger partial charge >= 0.3 is 0 Å². The minimum atomic E-state index is -0.447. The number of hydrazone groups is 1. The molecule has 0 radical (unpaired) electrons. The Morgan fingerprint density at radius 1 is 1.03 bits per heavy atom. The number of fused-ring (bicyclic) bond motifs is 1. The number of aliphatic imine (C=N–C) groups is 1. The molecule has 0 aliphatic carbocycles. The van der Waals surface area contributed by atoms with E-state index in [9.17, 15) is 4.79 Å². The number of rotatable bonds is 11. The number of amides is 1. The molecule has 0 atom stereocenters. The van der Waals surface area contributed by atoms with Crippen LogP contribution in [0.2, 0.25) is 0 Å². The van der Waals surface area contributed by atoms with Gasteiger partial charge in [-0.15, -0.1) is 0 Å². The highest BCUT2D eigenvalue weighted by atomic mass is 32.2. The minimum absolute atomic E-state index is 0.0240. The molecule has 1 N–H and O–H groups in total. The Morgan fingerprint density at radius 3 is 2.51 bits per heavy atom. The molecule has 4 rings (SSSR count). The summed E-state index contributed by atoms with van der Waals surface area (Å²) in [4.78, 5) is 16.9. The molecule has 2 aromatic rings. The van der Waals surface area contributed by atoms with E-state index < -0.39 is 5.91 Å². The second-order valence-electron chi connectivity index (χ2n) is 8.67. The summed E-state index contributed by atoms with van der Waals surface area (Å²) in [6, 6.07) is 11.5. The molecule has 2 aliphatic rings. The topological polar surface area (TPSA) is 96.6 Å². The minimum Gasteiger partial charge on any atom is -0.490 e. The molecule has 2 heterocycles. The van der Waals surface area contributed by atoms with Crippen molar-refractivity contribution in [3.05, 3.63) is 58.7 Å². The first-order valence-corrected chi connectivity index (χ1v) is 13.3. The molecule has 194 valence electrons. The van der Waals surface area contributed by atoms with E-state index >= 15 is 0 Å². The van der Waals surface area contributed by atoms with Crippen LogP contribution in [0.3, 0.4) is 0 Å². The van der Waals surface area contributed by atoms with Crippen LogP contribution in [0.1, 0.15) is 49.8 Å². The van der Waals surface area contributed by atoms with Crippen LogP contribution in [-0.4, -0.2) is 46.8 Å². The highest BCUT2D eigenvalue weighted by molar-refractivity contribution is 8.26. The third-order valence-electron chi connectivity index (χ3n) is 5.82. The third kappa shape index (κ3) is 6.22. The lowest BCUT2D eigenvalue weighted by atomic mass is 10.1. The molecule has 1 amide bonds. The Hall–Kier alpha value is -3.59. The van der Waals surface area contributed by atoms with E-state index in [-0.39, 0.29) is 11.4 Å². The summed E-state index contributed by atoms with van der Waals surface area (Å²) in [5.74, 6) is 1.59. The summed E-state index contributed by atoms with van der Waals surface area (Å²) in [7, 11) is 0. The fraction of sp³-hybridized carbons (Fsp3) is 0.357. The average molecular weight is 521 g/mol. The van der Waals surface area contributed by atoms with E-state index in [1.807, 2.05) is 45.0 Å². The van der Waals surface area contributed by atoms with Crippen LogP contribution in [0.15, 0.2) is 52.1 Å². The molecule has 0 saturated heterocycles. The number of hydrogen-bond acceptors (Lipinski definition) is 7. The van der Waals surface area contributed by atoms with Crippen molar-refractivity contribution in [1.29, 1.82) is 5.41 Å². The van der Waals surface area contributed by atoms with E-state index in [2.05, 4.69) is 17.0 Å². The normalized spacial score (nSPS) is 16.0. The molecule has 8 nitrogen and oxygen atoms in total. The van der Waals surface area contributed by atoms with Crippen molar-refractivity contribution >= 4 is 39.8 Å². The van der Waals surface area contributed by atoms with Crippen LogP contribution in [0.25, 0.3) is 6.08 Å². The molecule has 37 heavy (non-hydrogen) atoms. The number of carbonyl (C=O) groups excluding carboxylic acids is 1. The smallest absolute Gasteiger partial charge is 0.283 e. The number of hydrogen-bond donors (Lipinski definition) is 1. The molecule has 9 heteroatoms. The SMILES string of the molecule is CCCCC1=NN2C(=N)C(=Cc3ccc(OCCOc4c(C)cccc4C)c(OCC)c3)C(=O)N=C2S1. The number of thioether (sulfide) groups is 1. The van der Waals surface area contributed by atoms with Gasteiger partial charge in [0, 0.05) is 0 Å². The zero-order valence-corrected chi connectivity index (χ0v) is 22.5. The number of nitrogens with one attached hydrogen (secondary N) is 1. The van der Waals surface area contributed by atoms with Crippen LogP contribution in [0.4, 0.5) is 0 Å². The van der Waals surface area contributed by atoms with Crippen molar-refractivity contribution in [3.8, 4) is 17.2 Å². The van der Waals surface area contributed by atoms with Gasteiger partial charge in [0.05, 0.1) is 12.2 Å². The maximum absolute atomic E-state index is 12.7. The van der Waals surface area contributed by atoms with E-state index in [0.29, 0.717) is 42.1 Å². The Labute approximate surface area is 221 Å². The lowest BCUT2D eigenvalue weighted by Gasteiger charge is -2.20.